The van der Waals surface area contributed by atoms with Gasteiger partial charge in [-0.1, -0.05) is 35.4 Å². The smallest absolute Gasteiger partial charge is 0.195 e. The second-order valence-corrected chi connectivity index (χ2v) is 33.0. The van der Waals surface area contributed by atoms with Gasteiger partial charge in [-0.15, -0.1) is 113 Å². The summed E-state index contributed by atoms with van der Waals surface area (Å²) in [7, 11) is 0. The van der Waals surface area contributed by atoms with Gasteiger partial charge in [0, 0.05) is 161 Å². The van der Waals surface area contributed by atoms with Crippen LogP contribution in [0.2, 0.25) is 0 Å². The number of fused-ring (bicyclic) bond motifs is 14. The highest BCUT2D eigenvalue weighted by Gasteiger charge is 2.27. The van der Waals surface area contributed by atoms with Gasteiger partial charge in [0.1, 0.15) is 0 Å². The molecule has 18 rings (SSSR count). The van der Waals surface area contributed by atoms with E-state index in [9.17, 15) is 19.2 Å². The molecule has 18 aromatic rings. The summed E-state index contributed by atoms with van der Waals surface area (Å²) in [5.41, 5.74) is 4.64. The van der Waals surface area contributed by atoms with Crippen molar-refractivity contribution < 1.29 is 0 Å². The first-order valence-corrected chi connectivity index (χ1v) is 35.3. The van der Waals surface area contributed by atoms with Crippen molar-refractivity contribution in [3.05, 3.63) is 206 Å². The summed E-state index contributed by atoms with van der Waals surface area (Å²) in [5.74, 6) is 0. The average Bonchev–Trinajstić information content (AvgIpc) is 1.67. The maximum Gasteiger partial charge on any atom is 0.195 e. The van der Waals surface area contributed by atoms with Crippen molar-refractivity contribution in [2.75, 3.05) is 0 Å². The molecule has 14 heteroatoms. The summed E-state index contributed by atoms with van der Waals surface area (Å²) in [5, 5.41) is 12.2. The van der Waals surface area contributed by atoms with Crippen LogP contribution in [0.3, 0.4) is 0 Å². The van der Waals surface area contributed by atoms with E-state index in [0.717, 1.165) is 103 Å². The number of hydrogen-bond donors (Lipinski definition) is 0. The molecule has 0 aliphatic heterocycles. The Hall–Kier alpha value is -6.92. The van der Waals surface area contributed by atoms with E-state index in [2.05, 4.69) is 137 Å². The van der Waals surface area contributed by atoms with Gasteiger partial charge in [-0.05, 0) is 173 Å². The number of benzene rings is 4. The van der Waals surface area contributed by atoms with Crippen LogP contribution in [0.25, 0.3) is 162 Å². The van der Waals surface area contributed by atoms with Crippen molar-refractivity contribution in [3.63, 3.8) is 0 Å². The Morgan fingerprint density at radius 3 is 0.964 bits per heavy atom. The monoisotopic (exact) mass is 1260 g/mol. The molecular formula is C70H40O4S10. The van der Waals surface area contributed by atoms with Crippen LogP contribution in [0.15, 0.2) is 153 Å². The first-order chi connectivity index (χ1) is 40.7. The Kier molecular flexibility index (Phi) is 11.5. The second-order valence-electron chi connectivity index (χ2n) is 21.9. The van der Waals surface area contributed by atoms with Crippen LogP contribution in [0, 0.1) is 41.5 Å². The summed E-state index contributed by atoms with van der Waals surface area (Å²) in [6.45, 7) is 12.5. The van der Waals surface area contributed by atoms with Crippen LogP contribution < -0.4 is 21.7 Å². The van der Waals surface area contributed by atoms with Crippen LogP contribution in [0.4, 0.5) is 0 Å². The molecule has 84 heavy (non-hydrogen) atoms. The van der Waals surface area contributed by atoms with E-state index < -0.39 is 0 Å². The van der Waals surface area contributed by atoms with E-state index >= 15 is 0 Å². The van der Waals surface area contributed by atoms with Gasteiger partial charge < -0.3 is 0 Å². The van der Waals surface area contributed by atoms with E-state index in [1.807, 2.05) is 38.1 Å². The molecule has 0 spiro atoms. The minimum atomic E-state index is 0.0581. The molecule has 404 valence electrons. The standard InChI is InChI=1S/C36H22O2S4.C34H18O2S6/c1-15-5-7-23-19(9-15)11-25(39-23)27-13-21-33(37)29-18(4)32-30(17(3)31(29)35(21)41-27)34(38)22-14-28(42-36(22)32)26-12-20-10-16(2)6-8-24(20)40-26;1-15-3-5-23(37-15)25-7-9-27(39-25)29-13-21-31(35)17-12-20-18(11-19(17)33(21)41-29)32(36)22-14-30(42-34(20)22)28-10-8-26(40-28)24-6-4-16(2)38-24/h5-14H,1-4H3;3-14H,1-2H3. The molecule has 0 bridgehead atoms. The Balaban J connectivity index is 0.000000132. The zero-order valence-corrected chi connectivity index (χ0v) is 53.6. The third-order valence-corrected chi connectivity index (χ3v) is 28.7. The lowest BCUT2D eigenvalue weighted by Gasteiger charge is -2.05. The second kappa shape index (κ2) is 18.8. The Morgan fingerprint density at radius 2 is 0.571 bits per heavy atom. The molecule has 0 fully saturated rings. The molecular weight excluding hydrogens is 1230 g/mol. The van der Waals surface area contributed by atoms with E-state index in [1.54, 1.807) is 113 Å². The van der Waals surface area contributed by atoms with Gasteiger partial charge in [0.25, 0.3) is 0 Å². The van der Waals surface area contributed by atoms with Gasteiger partial charge in [-0.2, -0.15) is 0 Å². The fraction of sp³-hybridized carbons (Fsp3) is 0.0857. The van der Waals surface area contributed by atoms with Crippen molar-refractivity contribution in [3.8, 4) is 58.5 Å². The lowest BCUT2D eigenvalue weighted by molar-refractivity contribution is 1.51. The summed E-state index contributed by atoms with van der Waals surface area (Å²) < 4.78 is 6.48. The fourth-order valence-electron chi connectivity index (χ4n) is 12.4. The van der Waals surface area contributed by atoms with Crippen molar-refractivity contribution in [2.45, 2.75) is 41.5 Å². The molecule has 0 aliphatic carbocycles. The lowest BCUT2D eigenvalue weighted by atomic mass is 9.99. The number of aryl methyl sites for hydroxylation is 6. The molecule has 0 atom stereocenters. The van der Waals surface area contributed by atoms with Crippen LogP contribution in [-0.4, -0.2) is 0 Å². The molecule has 8 aromatic carbocycles. The SMILES string of the molecule is Cc1ccc(-c2ccc(-c3cc4c(=O)c5cc6c(cc5c4s3)c(=O)c3cc(-c4ccc(-c5ccc(C)s5)s4)sc36)s2)s1.Cc1ccc2sc(-c3cc4c(=O)c5c(C)c6c(c(C)c5c4s3)c(=O)c3cc(-c4cc5cc(C)ccc5s4)sc36)cc2c1. The highest BCUT2D eigenvalue weighted by Crippen LogP contribution is 2.50. The average molecular weight is 1270 g/mol. The van der Waals surface area contributed by atoms with E-state index in [0.29, 0.717) is 10.8 Å². The maximum absolute atomic E-state index is 14.0. The van der Waals surface area contributed by atoms with Gasteiger partial charge >= 0.3 is 0 Å². The molecule has 10 aromatic heterocycles. The first kappa shape index (κ1) is 51.5. The molecule has 0 radical (unpaired) electrons. The Bertz CT molecular complexity index is 5680. The summed E-state index contributed by atoms with van der Waals surface area (Å²) in [6, 6.07) is 47.0. The first-order valence-electron chi connectivity index (χ1n) is 27.1. The molecule has 0 saturated heterocycles. The predicted octanol–water partition coefficient (Wildman–Crippen LogP) is 22.6. The van der Waals surface area contributed by atoms with E-state index in [4.69, 9.17) is 0 Å². The molecule has 10 heterocycles. The fourth-order valence-corrected chi connectivity index (χ4v) is 23.7. The van der Waals surface area contributed by atoms with Gasteiger partial charge in [-0.3, -0.25) is 19.2 Å². The largest absolute Gasteiger partial charge is 0.289 e. The molecule has 0 saturated carbocycles. The molecule has 0 amide bonds. The minimum Gasteiger partial charge on any atom is -0.289 e. The van der Waals surface area contributed by atoms with Gasteiger partial charge in [0.2, 0.25) is 0 Å². The normalized spacial score (nSPS) is 12.4. The predicted molar refractivity (Wildman–Crippen MR) is 378 cm³/mol. The molecule has 0 unspecified atom stereocenters. The molecule has 0 aliphatic rings. The van der Waals surface area contributed by atoms with Crippen molar-refractivity contribution in [1.29, 1.82) is 0 Å². The third-order valence-electron chi connectivity index (χ3n) is 16.4. The number of hydrogen-bond acceptors (Lipinski definition) is 14. The van der Waals surface area contributed by atoms with Gasteiger partial charge in [0.05, 0.1) is 0 Å². The van der Waals surface area contributed by atoms with Crippen molar-refractivity contribution in [2.24, 2.45) is 0 Å². The van der Waals surface area contributed by atoms with Crippen molar-refractivity contribution in [1.82, 2.24) is 0 Å². The number of rotatable bonds is 6. The summed E-state index contributed by atoms with van der Waals surface area (Å²) in [6.07, 6.45) is 0. The molecule has 4 nitrogen and oxygen atoms in total. The molecule has 0 N–H and O–H groups in total. The van der Waals surface area contributed by atoms with Crippen LogP contribution in [0.5, 0.6) is 0 Å². The highest BCUT2D eigenvalue weighted by atomic mass is 32.1. The highest BCUT2D eigenvalue weighted by molar-refractivity contribution is 7.31. The minimum absolute atomic E-state index is 0.0581. The van der Waals surface area contributed by atoms with Crippen molar-refractivity contribution >= 4 is 217 Å². The van der Waals surface area contributed by atoms with E-state index in [-0.39, 0.29) is 21.7 Å². The van der Waals surface area contributed by atoms with Crippen LogP contribution in [-0.2, 0) is 0 Å². The van der Waals surface area contributed by atoms with E-state index in [1.165, 1.54) is 80.1 Å². The lowest BCUT2D eigenvalue weighted by Crippen LogP contribution is -2.00. The third kappa shape index (κ3) is 7.72. The summed E-state index contributed by atoms with van der Waals surface area (Å²) >= 11 is 17.3. The van der Waals surface area contributed by atoms with Crippen LogP contribution in [0.1, 0.15) is 32.0 Å². The van der Waals surface area contributed by atoms with Gasteiger partial charge in [0.15, 0.2) is 21.7 Å². The quantitative estimate of drug-likeness (QED) is 0.166. The maximum atomic E-state index is 14.0. The topological polar surface area (TPSA) is 68.3 Å². The van der Waals surface area contributed by atoms with Crippen LogP contribution >= 0.6 is 113 Å². The number of thiophene rings is 10. The summed E-state index contributed by atoms with van der Waals surface area (Å²) in [4.78, 5) is 72.1. The zero-order valence-electron chi connectivity index (χ0n) is 45.4. The zero-order chi connectivity index (χ0) is 56.9. The van der Waals surface area contributed by atoms with Gasteiger partial charge in [-0.25, -0.2) is 0 Å². The Morgan fingerprint density at radius 1 is 0.238 bits per heavy atom. The Labute approximate surface area is 518 Å².